The third-order valence-electron chi connectivity index (χ3n) is 5.40. The summed E-state index contributed by atoms with van der Waals surface area (Å²) in [6.45, 7) is 6.02. The van der Waals surface area contributed by atoms with E-state index in [0.29, 0.717) is 12.4 Å². The van der Waals surface area contributed by atoms with Crippen molar-refractivity contribution in [3.8, 4) is 0 Å². The number of hydrogen-bond acceptors (Lipinski definition) is 5. The molecule has 0 bridgehead atoms. The summed E-state index contributed by atoms with van der Waals surface area (Å²) in [6, 6.07) is 10.2. The summed E-state index contributed by atoms with van der Waals surface area (Å²) in [7, 11) is 1.85. The van der Waals surface area contributed by atoms with Crippen molar-refractivity contribution in [2.75, 3.05) is 13.2 Å². The van der Waals surface area contributed by atoms with Gasteiger partial charge >= 0.3 is 0 Å². The van der Waals surface area contributed by atoms with Crippen LogP contribution in [0.25, 0.3) is 0 Å². The van der Waals surface area contributed by atoms with Crippen molar-refractivity contribution in [3.63, 3.8) is 0 Å². The number of amides is 1. The van der Waals surface area contributed by atoms with Gasteiger partial charge in [0.15, 0.2) is 5.82 Å². The van der Waals surface area contributed by atoms with Crippen LogP contribution in [-0.2, 0) is 29.7 Å². The van der Waals surface area contributed by atoms with Gasteiger partial charge in [-0.15, -0.1) is 10.2 Å². The van der Waals surface area contributed by atoms with Gasteiger partial charge in [0, 0.05) is 37.9 Å². The van der Waals surface area contributed by atoms with Gasteiger partial charge in [-0.05, 0) is 5.56 Å². The van der Waals surface area contributed by atoms with Crippen LogP contribution in [0.4, 0.5) is 0 Å². The van der Waals surface area contributed by atoms with Crippen molar-refractivity contribution in [2.24, 2.45) is 12.5 Å². The Morgan fingerprint density at radius 3 is 2.76 bits per heavy atom. The van der Waals surface area contributed by atoms with Crippen LogP contribution in [0.15, 0.2) is 49.1 Å². The zero-order chi connectivity index (χ0) is 20.4. The highest BCUT2D eigenvalue weighted by atomic mass is 16.5. The van der Waals surface area contributed by atoms with Crippen molar-refractivity contribution < 1.29 is 9.53 Å². The second-order valence-corrected chi connectivity index (χ2v) is 8.16. The molecule has 8 heteroatoms. The minimum atomic E-state index is -0.0767. The summed E-state index contributed by atoms with van der Waals surface area (Å²) in [5.41, 5.74) is 1.16. The Balaban J connectivity index is 1.44. The van der Waals surface area contributed by atoms with Gasteiger partial charge in [-0.1, -0.05) is 44.2 Å². The summed E-state index contributed by atoms with van der Waals surface area (Å²) < 4.78 is 9.50. The Labute approximate surface area is 170 Å². The molecule has 4 rings (SSSR count). The fraction of sp³-hybridized carbons (Fsp3) is 0.429. The maximum absolute atomic E-state index is 12.8. The standard InChI is InChI=1S/C21H26N6O2/c1-21(2)14-27(18(28)13-29-12-17-24-23-15-25(17)3)19(21)20-22-9-10-26(20)11-16-7-5-4-6-8-16/h4-10,15,19H,11-14H2,1-3H3. The molecule has 0 saturated carbocycles. The first-order valence-electron chi connectivity index (χ1n) is 9.71. The lowest BCUT2D eigenvalue weighted by Gasteiger charge is -2.53. The molecule has 3 aromatic rings. The Bertz CT molecular complexity index is 978. The molecule has 0 radical (unpaired) electrons. The van der Waals surface area contributed by atoms with Crippen molar-refractivity contribution in [1.29, 1.82) is 0 Å². The molecule has 3 heterocycles. The van der Waals surface area contributed by atoms with Crippen LogP contribution in [0.2, 0.25) is 0 Å². The second kappa shape index (κ2) is 7.79. The lowest BCUT2D eigenvalue weighted by molar-refractivity contribution is -0.158. The van der Waals surface area contributed by atoms with Gasteiger partial charge < -0.3 is 18.8 Å². The Morgan fingerprint density at radius 2 is 2.07 bits per heavy atom. The summed E-state index contributed by atoms with van der Waals surface area (Å²) in [5.74, 6) is 1.56. The van der Waals surface area contributed by atoms with Gasteiger partial charge in [0.2, 0.25) is 5.91 Å². The highest BCUT2D eigenvalue weighted by Gasteiger charge is 2.50. The molecule has 1 fully saturated rings. The number of imidazole rings is 1. The van der Waals surface area contributed by atoms with E-state index in [9.17, 15) is 4.79 Å². The molecule has 0 aliphatic carbocycles. The highest BCUT2D eigenvalue weighted by molar-refractivity contribution is 5.79. The van der Waals surface area contributed by atoms with Gasteiger partial charge in [-0.25, -0.2) is 4.98 Å². The summed E-state index contributed by atoms with van der Waals surface area (Å²) in [6.07, 6.45) is 5.39. The van der Waals surface area contributed by atoms with Crippen molar-refractivity contribution in [1.82, 2.24) is 29.2 Å². The van der Waals surface area contributed by atoms with Crippen LogP contribution >= 0.6 is 0 Å². The molecule has 1 atom stereocenters. The number of carbonyl (C=O) groups excluding carboxylic acids is 1. The van der Waals surface area contributed by atoms with E-state index in [1.54, 1.807) is 17.1 Å². The maximum Gasteiger partial charge on any atom is 0.249 e. The molecule has 152 valence electrons. The largest absolute Gasteiger partial charge is 0.364 e. The van der Waals surface area contributed by atoms with Gasteiger partial charge in [0.05, 0.1) is 6.04 Å². The quantitative estimate of drug-likeness (QED) is 0.614. The minimum absolute atomic E-state index is 0.0127. The summed E-state index contributed by atoms with van der Waals surface area (Å²) in [4.78, 5) is 19.3. The maximum atomic E-state index is 12.8. The summed E-state index contributed by atoms with van der Waals surface area (Å²) >= 11 is 0. The van der Waals surface area contributed by atoms with E-state index in [4.69, 9.17) is 4.74 Å². The Morgan fingerprint density at radius 1 is 1.28 bits per heavy atom. The third kappa shape index (κ3) is 3.93. The van der Waals surface area contributed by atoms with Crippen LogP contribution in [0, 0.1) is 5.41 Å². The number of aryl methyl sites for hydroxylation is 1. The van der Waals surface area contributed by atoms with Gasteiger partial charge in [-0.3, -0.25) is 4.79 Å². The Hall–Kier alpha value is -3.00. The molecular formula is C21H26N6O2. The van der Waals surface area contributed by atoms with Gasteiger partial charge in [0.25, 0.3) is 0 Å². The number of hydrogen-bond donors (Lipinski definition) is 0. The van der Waals surface area contributed by atoms with Crippen LogP contribution in [0.1, 0.15) is 37.1 Å². The molecule has 1 aliphatic heterocycles. The van der Waals surface area contributed by atoms with Gasteiger partial charge in [-0.2, -0.15) is 0 Å². The second-order valence-electron chi connectivity index (χ2n) is 8.16. The first-order chi connectivity index (χ1) is 14.0. The van der Waals surface area contributed by atoms with Crippen LogP contribution in [-0.4, -0.2) is 48.3 Å². The highest BCUT2D eigenvalue weighted by Crippen LogP contribution is 2.47. The smallest absolute Gasteiger partial charge is 0.249 e. The number of rotatable bonds is 7. The number of benzene rings is 1. The normalized spacial score (nSPS) is 17.9. The van der Waals surface area contributed by atoms with E-state index < -0.39 is 0 Å². The average Bonchev–Trinajstić information content (AvgIpc) is 3.30. The van der Waals surface area contributed by atoms with Crippen molar-refractivity contribution in [3.05, 3.63) is 66.3 Å². The van der Waals surface area contributed by atoms with Crippen LogP contribution < -0.4 is 0 Å². The van der Waals surface area contributed by atoms with Crippen molar-refractivity contribution >= 4 is 5.91 Å². The van der Waals surface area contributed by atoms with E-state index in [-0.39, 0.29) is 30.6 Å². The lowest BCUT2D eigenvalue weighted by Crippen LogP contribution is -2.59. The van der Waals surface area contributed by atoms with E-state index in [0.717, 1.165) is 12.4 Å². The molecule has 1 saturated heterocycles. The average molecular weight is 394 g/mol. The number of likely N-dealkylation sites (tertiary alicyclic amines) is 1. The van der Waals surface area contributed by atoms with Crippen LogP contribution in [0.5, 0.6) is 0 Å². The monoisotopic (exact) mass is 394 g/mol. The molecular weight excluding hydrogens is 368 g/mol. The number of aromatic nitrogens is 5. The topological polar surface area (TPSA) is 78.1 Å². The van der Waals surface area contributed by atoms with E-state index in [1.807, 2.05) is 36.3 Å². The molecule has 1 unspecified atom stereocenters. The van der Waals surface area contributed by atoms with E-state index in [2.05, 4.69) is 45.7 Å². The number of carbonyl (C=O) groups is 1. The molecule has 1 aliphatic rings. The fourth-order valence-electron chi connectivity index (χ4n) is 3.88. The molecule has 1 aromatic carbocycles. The number of nitrogens with zero attached hydrogens (tertiary/aromatic N) is 6. The Kier molecular flexibility index (Phi) is 5.19. The fourth-order valence-corrected chi connectivity index (χ4v) is 3.88. The molecule has 0 N–H and O–H groups in total. The molecule has 1 amide bonds. The predicted molar refractivity (Wildman–Crippen MR) is 107 cm³/mol. The first-order valence-corrected chi connectivity index (χ1v) is 9.71. The van der Waals surface area contributed by atoms with Crippen LogP contribution in [0.3, 0.4) is 0 Å². The number of ether oxygens (including phenoxy) is 1. The molecule has 8 nitrogen and oxygen atoms in total. The summed E-state index contributed by atoms with van der Waals surface area (Å²) in [5, 5.41) is 7.79. The molecule has 0 spiro atoms. The zero-order valence-corrected chi connectivity index (χ0v) is 17.0. The lowest BCUT2D eigenvalue weighted by atomic mass is 9.74. The first kappa shape index (κ1) is 19.3. The third-order valence-corrected chi connectivity index (χ3v) is 5.40. The molecule has 29 heavy (non-hydrogen) atoms. The minimum Gasteiger partial charge on any atom is -0.364 e. The zero-order valence-electron chi connectivity index (χ0n) is 17.0. The SMILES string of the molecule is Cn1cnnc1COCC(=O)N1CC(C)(C)C1c1nccn1Cc1ccccc1. The van der Waals surface area contributed by atoms with Gasteiger partial charge in [0.1, 0.15) is 25.4 Å². The van der Waals surface area contributed by atoms with E-state index in [1.165, 1.54) is 5.56 Å². The van der Waals surface area contributed by atoms with Crippen molar-refractivity contribution in [2.45, 2.75) is 33.0 Å². The molecule has 2 aromatic heterocycles. The predicted octanol–water partition coefficient (Wildman–Crippen LogP) is 2.19. The van der Waals surface area contributed by atoms with E-state index >= 15 is 0 Å².